The van der Waals surface area contributed by atoms with Crippen LogP contribution in [0.5, 0.6) is 0 Å². The molecule has 0 saturated carbocycles. The third-order valence-corrected chi connectivity index (χ3v) is 3.92. The van der Waals surface area contributed by atoms with Crippen molar-refractivity contribution in [3.05, 3.63) is 54.1 Å². The highest BCUT2D eigenvalue weighted by atomic mass is 19.1. The van der Waals surface area contributed by atoms with Crippen LogP contribution in [0.2, 0.25) is 0 Å². The summed E-state index contributed by atoms with van der Waals surface area (Å²) in [5.74, 6) is -0.732. The lowest BCUT2D eigenvalue weighted by molar-refractivity contribution is -0.141. The Kier molecular flexibility index (Phi) is 8.61. The van der Waals surface area contributed by atoms with Gasteiger partial charge in [-0.25, -0.2) is 0 Å². The number of esters is 2. The van der Waals surface area contributed by atoms with Crippen LogP contribution in [-0.4, -0.2) is 44.3 Å². The molecule has 8 nitrogen and oxygen atoms in total. The van der Waals surface area contributed by atoms with Gasteiger partial charge in [-0.1, -0.05) is 0 Å². The number of azo groups is 1. The van der Waals surface area contributed by atoms with E-state index in [1.54, 1.807) is 12.1 Å². The number of ether oxygens (including phenoxy) is 2. The molecule has 30 heavy (non-hydrogen) atoms. The van der Waals surface area contributed by atoms with Gasteiger partial charge in [-0.15, -0.1) is 0 Å². The molecular formula is C21H22FN3O5. The van der Waals surface area contributed by atoms with Gasteiger partial charge < -0.3 is 14.4 Å². The third kappa shape index (κ3) is 7.78. The second-order valence-electron chi connectivity index (χ2n) is 6.20. The summed E-state index contributed by atoms with van der Waals surface area (Å²) in [6, 6.07) is 11.3. The second-order valence-corrected chi connectivity index (χ2v) is 6.20. The van der Waals surface area contributed by atoms with Gasteiger partial charge in [0, 0.05) is 19.5 Å². The number of carbonyl (C=O) groups excluding carboxylic acids is 3. The molecule has 0 N–H and O–H groups in total. The minimum absolute atomic E-state index is 0.0408. The van der Waals surface area contributed by atoms with Crippen LogP contribution in [0.15, 0.2) is 58.8 Å². The van der Waals surface area contributed by atoms with Crippen molar-refractivity contribution < 1.29 is 28.2 Å². The van der Waals surface area contributed by atoms with Crippen LogP contribution in [-0.2, 0) is 19.1 Å². The van der Waals surface area contributed by atoms with E-state index in [1.807, 2.05) is 17.0 Å². The van der Waals surface area contributed by atoms with Gasteiger partial charge in [0.2, 0.25) is 0 Å². The number of carbonyl (C=O) groups is 3. The quantitative estimate of drug-likeness (QED) is 0.329. The third-order valence-electron chi connectivity index (χ3n) is 3.92. The van der Waals surface area contributed by atoms with Crippen molar-refractivity contribution in [3.8, 4) is 0 Å². The number of hydrogen-bond donors (Lipinski definition) is 0. The van der Waals surface area contributed by atoms with Gasteiger partial charge in [0.05, 0.1) is 30.0 Å². The van der Waals surface area contributed by atoms with Crippen LogP contribution >= 0.6 is 0 Å². The van der Waals surface area contributed by atoms with Crippen molar-refractivity contribution in [2.24, 2.45) is 10.2 Å². The zero-order valence-electron chi connectivity index (χ0n) is 16.7. The summed E-state index contributed by atoms with van der Waals surface area (Å²) >= 11 is 0. The van der Waals surface area contributed by atoms with Crippen molar-refractivity contribution in [2.45, 2.75) is 13.8 Å². The van der Waals surface area contributed by atoms with E-state index in [9.17, 15) is 18.8 Å². The largest absolute Gasteiger partial charge is 0.464 e. The van der Waals surface area contributed by atoms with Gasteiger partial charge in [0.1, 0.15) is 13.2 Å². The molecule has 0 spiro atoms. The molecule has 0 bridgehead atoms. The minimum Gasteiger partial charge on any atom is -0.464 e. The number of nitrogens with zero attached hydrogens (tertiary/aromatic N) is 3. The van der Waals surface area contributed by atoms with Gasteiger partial charge in [-0.2, -0.15) is 14.6 Å². The molecule has 0 radical (unpaired) electrons. The van der Waals surface area contributed by atoms with Crippen LogP contribution < -0.4 is 4.90 Å². The standard InChI is InChI=1S/C21H22FN3O5/c1-15(26)29-13-11-25(12-14-30-16(2)27)20-9-7-19(8-10-20)24-23-18-5-3-17(4-6-18)21(22)28/h3-10H,11-14H2,1-2H3. The van der Waals surface area contributed by atoms with Gasteiger partial charge in [-0.05, 0) is 48.5 Å². The molecule has 0 aliphatic heterocycles. The Morgan fingerprint density at radius 2 is 1.23 bits per heavy atom. The molecule has 2 aromatic carbocycles. The van der Waals surface area contributed by atoms with Crippen LogP contribution in [0.1, 0.15) is 24.2 Å². The smallest absolute Gasteiger partial charge is 0.332 e. The van der Waals surface area contributed by atoms with Crippen molar-refractivity contribution in [1.29, 1.82) is 0 Å². The second kappa shape index (κ2) is 11.4. The maximum Gasteiger partial charge on any atom is 0.332 e. The fourth-order valence-corrected chi connectivity index (χ4v) is 2.47. The molecule has 0 saturated heterocycles. The molecule has 0 aliphatic carbocycles. The lowest BCUT2D eigenvalue weighted by Crippen LogP contribution is -2.31. The fourth-order valence-electron chi connectivity index (χ4n) is 2.47. The monoisotopic (exact) mass is 415 g/mol. The van der Waals surface area contributed by atoms with Crippen LogP contribution in [0.4, 0.5) is 21.5 Å². The van der Waals surface area contributed by atoms with E-state index >= 15 is 0 Å². The first-order chi connectivity index (χ1) is 14.3. The van der Waals surface area contributed by atoms with Crippen molar-refractivity contribution in [1.82, 2.24) is 0 Å². The average molecular weight is 415 g/mol. The molecule has 0 heterocycles. The number of halogens is 1. The molecular weight excluding hydrogens is 393 g/mol. The Hall–Kier alpha value is -3.62. The highest BCUT2D eigenvalue weighted by Gasteiger charge is 2.09. The Morgan fingerprint density at radius 3 is 1.63 bits per heavy atom. The Balaban J connectivity index is 2.03. The van der Waals surface area contributed by atoms with Crippen LogP contribution in [0, 0.1) is 0 Å². The number of hydrogen-bond acceptors (Lipinski definition) is 8. The van der Waals surface area contributed by atoms with E-state index in [4.69, 9.17) is 9.47 Å². The molecule has 2 rings (SSSR count). The van der Waals surface area contributed by atoms with Crippen molar-refractivity contribution in [2.75, 3.05) is 31.2 Å². The zero-order valence-corrected chi connectivity index (χ0v) is 16.7. The normalized spacial score (nSPS) is 10.6. The topological polar surface area (TPSA) is 97.6 Å². The molecule has 0 amide bonds. The maximum absolute atomic E-state index is 12.6. The minimum atomic E-state index is -1.50. The number of rotatable bonds is 10. The van der Waals surface area contributed by atoms with Crippen molar-refractivity contribution in [3.63, 3.8) is 0 Å². The summed E-state index contributed by atoms with van der Waals surface area (Å²) in [6.07, 6.45) is 0. The van der Waals surface area contributed by atoms with E-state index in [2.05, 4.69) is 10.2 Å². The molecule has 0 aromatic heterocycles. The number of benzene rings is 2. The molecule has 0 unspecified atom stereocenters. The summed E-state index contributed by atoms with van der Waals surface area (Å²) in [4.78, 5) is 34.5. The Labute approximate surface area is 173 Å². The highest BCUT2D eigenvalue weighted by Crippen LogP contribution is 2.22. The van der Waals surface area contributed by atoms with Gasteiger partial charge >= 0.3 is 18.0 Å². The van der Waals surface area contributed by atoms with E-state index < -0.39 is 6.04 Å². The molecule has 0 fully saturated rings. The van der Waals surface area contributed by atoms with E-state index in [0.717, 1.165) is 5.69 Å². The first-order valence-corrected chi connectivity index (χ1v) is 9.18. The zero-order chi connectivity index (χ0) is 21.9. The lowest BCUT2D eigenvalue weighted by Gasteiger charge is -2.24. The SMILES string of the molecule is CC(=O)OCCN(CCOC(C)=O)c1ccc(N=Nc2ccc(C(=O)F)cc2)cc1. The van der Waals surface area contributed by atoms with Crippen LogP contribution in [0.3, 0.4) is 0 Å². The maximum atomic E-state index is 12.6. The predicted octanol–water partition coefficient (Wildman–Crippen LogP) is 4.14. The van der Waals surface area contributed by atoms with E-state index in [1.165, 1.54) is 38.1 Å². The number of anilines is 1. The lowest BCUT2D eigenvalue weighted by atomic mass is 10.2. The molecule has 0 atom stereocenters. The van der Waals surface area contributed by atoms with Gasteiger partial charge in [-0.3, -0.25) is 14.4 Å². The Bertz CT molecular complexity index is 878. The average Bonchev–Trinajstić information content (AvgIpc) is 2.71. The summed E-state index contributed by atoms with van der Waals surface area (Å²) in [7, 11) is 0. The van der Waals surface area contributed by atoms with Gasteiger partial charge in [0.25, 0.3) is 0 Å². The highest BCUT2D eigenvalue weighted by molar-refractivity contribution is 5.88. The first-order valence-electron chi connectivity index (χ1n) is 9.18. The molecule has 9 heteroatoms. The first kappa shape index (κ1) is 22.7. The molecule has 2 aromatic rings. The molecule has 158 valence electrons. The van der Waals surface area contributed by atoms with Gasteiger partial charge in [0.15, 0.2) is 0 Å². The molecule has 0 aliphatic rings. The Morgan fingerprint density at radius 1 is 0.800 bits per heavy atom. The van der Waals surface area contributed by atoms with Crippen LogP contribution in [0.25, 0.3) is 0 Å². The fraction of sp³-hybridized carbons (Fsp3) is 0.286. The summed E-state index contributed by atoms with van der Waals surface area (Å²) in [5.41, 5.74) is 1.86. The van der Waals surface area contributed by atoms with E-state index in [-0.39, 0.29) is 30.7 Å². The predicted molar refractivity (Wildman–Crippen MR) is 108 cm³/mol. The van der Waals surface area contributed by atoms with Crippen molar-refractivity contribution >= 4 is 35.0 Å². The van der Waals surface area contributed by atoms with E-state index in [0.29, 0.717) is 24.5 Å². The summed E-state index contributed by atoms with van der Waals surface area (Å²) in [5, 5.41) is 8.16. The summed E-state index contributed by atoms with van der Waals surface area (Å²) in [6.45, 7) is 3.95. The summed E-state index contributed by atoms with van der Waals surface area (Å²) < 4.78 is 22.6.